The van der Waals surface area contributed by atoms with Crippen LogP contribution in [0.5, 0.6) is 0 Å². The second kappa shape index (κ2) is 6.64. The third-order valence-corrected chi connectivity index (χ3v) is 5.80. The Morgan fingerprint density at radius 3 is 2.81 bits per heavy atom. The zero-order valence-corrected chi connectivity index (χ0v) is 15.2. The molecule has 5 rings (SSSR count). The summed E-state index contributed by atoms with van der Waals surface area (Å²) in [6, 6.07) is 16.2. The lowest BCUT2D eigenvalue weighted by molar-refractivity contribution is 0.830. The highest BCUT2D eigenvalue weighted by Crippen LogP contribution is 2.42. The molecule has 1 heteroatoms. The smallest absolute Gasteiger partial charge is 0.0378 e. The van der Waals surface area contributed by atoms with Crippen LogP contribution in [-0.4, -0.2) is 6.54 Å². The monoisotopic (exact) mass is 339 g/mol. The van der Waals surface area contributed by atoms with Crippen LogP contribution < -0.4 is 5.32 Å². The fourth-order valence-corrected chi connectivity index (χ4v) is 4.20. The molecule has 2 aliphatic carbocycles. The molecular weight excluding hydrogens is 314 g/mol. The minimum Gasteiger partial charge on any atom is -0.385 e. The summed E-state index contributed by atoms with van der Waals surface area (Å²) in [7, 11) is 0. The molecule has 0 saturated heterocycles. The lowest BCUT2D eigenvalue weighted by Crippen LogP contribution is -2.11. The van der Waals surface area contributed by atoms with Gasteiger partial charge in [-0.05, 0) is 77.5 Å². The van der Waals surface area contributed by atoms with Crippen molar-refractivity contribution in [2.75, 3.05) is 11.9 Å². The maximum absolute atomic E-state index is 3.58. The normalized spacial score (nSPS) is 19.1. The van der Waals surface area contributed by atoms with Crippen LogP contribution >= 0.6 is 0 Å². The van der Waals surface area contributed by atoms with E-state index in [0.29, 0.717) is 0 Å². The molecule has 130 valence electrons. The predicted molar refractivity (Wildman–Crippen MR) is 111 cm³/mol. The number of allylic oxidation sites excluding steroid dienone is 6. The molecule has 1 saturated carbocycles. The van der Waals surface area contributed by atoms with Gasteiger partial charge < -0.3 is 5.32 Å². The summed E-state index contributed by atoms with van der Waals surface area (Å²) >= 11 is 0. The maximum atomic E-state index is 3.58. The van der Waals surface area contributed by atoms with E-state index in [4.69, 9.17) is 0 Å². The van der Waals surface area contributed by atoms with E-state index in [9.17, 15) is 0 Å². The first-order valence-electron chi connectivity index (χ1n) is 9.92. The number of benzene rings is 2. The van der Waals surface area contributed by atoms with Crippen molar-refractivity contribution >= 4 is 16.8 Å². The summed E-state index contributed by atoms with van der Waals surface area (Å²) < 4.78 is 0. The van der Waals surface area contributed by atoms with Crippen molar-refractivity contribution in [3.05, 3.63) is 89.0 Å². The zero-order chi connectivity index (χ0) is 17.3. The molecule has 2 aromatic rings. The zero-order valence-electron chi connectivity index (χ0n) is 15.2. The summed E-state index contributed by atoms with van der Waals surface area (Å²) in [4.78, 5) is 0. The van der Waals surface area contributed by atoms with Crippen LogP contribution in [-0.2, 0) is 6.42 Å². The number of hydrogen-bond acceptors (Lipinski definition) is 1. The molecule has 0 unspecified atom stereocenters. The average molecular weight is 339 g/mol. The molecule has 3 aliphatic rings. The van der Waals surface area contributed by atoms with Crippen molar-refractivity contribution in [1.82, 2.24) is 0 Å². The van der Waals surface area contributed by atoms with Gasteiger partial charge in [0, 0.05) is 12.2 Å². The summed E-state index contributed by atoms with van der Waals surface area (Å²) in [6.45, 7) is 1.09. The molecule has 0 atom stereocenters. The second-order valence-electron chi connectivity index (χ2n) is 7.69. The number of hydrogen-bond donors (Lipinski definition) is 1. The van der Waals surface area contributed by atoms with E-state index in [1.54, 1.807) is 0 Å². The van der Waals surface area contributed by atoms with E-state index in [2.05, 4.69) is 72.1 Å². The quantitative estimate of drug-likeness (QED) is 0.687. The van der Waals surface area contributed by atoms with Gasteiger partial charge in [-0.15, -0.1) is 0 Å². The Morgan fingerprint density at radius 1 is 0.923 bits per heavy atom. The lowest BCUT2D eigenvalue weighted by atomic mass is 9.90. The summed E-state index contributed by atoms with van der Waals surface area (Å²) in [5.41, 5.74) is 9.78. The summed E-state index contributed by atoms with van der Waals surface area (Å²) in [5.74, 6) is 0.795. The van der Waals surface area contributed by atoms with Gasteiger partial charge in [0.05, 0.1) is 0 Å². The van der Waals surface area contributed by atoms with Gasteiger partial charge in [0.25, 0.3) is 0 Å². The third-order valence-electron chi connectivity index (χ3n) is 5.80. The van der Waals surface area contributed by atoms with Crippen LogP contribution in [0.15, 0.2) is 66.8 Å². The summed E-state index contributed by atoms with van der Waals surface area (Å²) in [6.07, 6.45) is 15.0. The predicted octanol–water partition coefficient (Wildman–Crippen LogP) is 6.35. The topological polar surface area (TPSA) is 12.0 Å². The molecule has 0 bridgehead atoms. The minimum absolute atomic E-state index is 0.795. The summed E-state index contributed by atoms with van der Waals surface area (Å²) in [5, 5.41) is 3.58. The first-order chi connectivity index (χ1) is 12.9. The van der Waals surface area contributed by atoms with Gasteiger partial charge in [0.15, 0.2) is 0 Å². The van der Waals surface area contributed by atoms with E-state index >= 15 is 0 Å². The van der Waals surface area contributed by atoms with Crippen molar-refractivity contribution < 1.29 is 0 Å². The van der Waals surface area contributed by atoms with E-state index in [1.165, 1.54) is 64.8 Å². The largest absolute Gasteiger partial charge is 0.385 e. The van der Waals surface area contributed by atoms with Crippen molar-refractivity contribution in [1.29, 1.82) is 0 Å². The number of rotatable bonds is 3. The van der Waals surface area contributed by atoms with Gasteiger partial charge >= 0.3 is 0 Å². The van der Waals surface area contributed by atoms with Gasteiger partial charge in [-0.1, -0.05) is 60.7 Å². The average Bonchev–Trinajstić information content (AvgIpc) is 3.54. The molecule has 0 radical (unpaired) electrons. The highest BCUT2D eigenvalue weighted by Gasteiger charge is 2.24. The Morgan fingerprint density at radius 2 is 1.88 bits per heavy atom. The number of nitrogens with one attached hydrogen (secondary N) is 1. The first kappa shape index (κ1) is 15.7. The van der Waals surface area contributed by atoms with Gasteiger partial charge in [0.1, 0.15) is 0 Å². The number of fused-ring (bicyclic) bond motifs is 1. The van der Waals surface area contributed by atoms with Gasteiger partial charge in [-0.2, -0.15) is 0 Å². The molecule has 1 heterocycles. The number of anilines is 1. The van der Waals surface area contributed by atoms with Crippen LogP contribution in [0.2, 0.25) is 0 Å². The first-order valence-corrected chi connectivity index (χ1v) is 9.92. The van der Waals surface area contributed by atoms with Gasteiger partial charge in [-0.3, -0.25) is 0 Å². The van der Waals surface area contributed by atoms with Crippen LogP contribution in [0.25, 0.3) is 11.1 Å². The van der Waals surface area contributed by atoms with Gasteiger partial charge in [-0.25, -0.2) is 0 Å². The van der Waals surface area contributed by atoms with Crippen molar-refractivity contribution in [3.63, 3.8) is 0 Å². The number of aryl methyl sites for hydroxylation is 1. The highest BCUT2D eigenvalue weighted by molar-refractivity contribution is 5.97. The van der Waals surface area contributed by atoms with Gasteiger partial charge in [0.2, 0.25) is 0 Å². The molecule has 1 nitrogen and oxygen atoms in total. The van der Waals surface area contributed by atoms with E-state index in [1.807, 2.05) is 0 Å². The van der Waals surface area contributed by atoms with Crippen LogP contribution in [0.4, 0.5) is 5.69 Å². The van der Waals surface area contributed by atoms with Crippen LogP contribution in [0.1, 0.15) is 53.9 Å². The fourth-order valence-electron chi connectivity index (χ4n) is 4.20. The molecule has 0 spiro atoms. The minimum atomic E-state index is 0.795. The third kappa shape index (κ3) is 3.03. The molecular formula is C25H25N. The van der Waals surface area contributed by atoms with E-state index < -0.39 is 0 Å². The maximum Gasteiger partial charge on any atom is 0.0378 e. The van der Waals surface area contributed by atoms with Crippen molar-refractivity contribution in [2.24, 2.45) is 0 Å². The SMILES string of the molecule is C1=CCC(c2cccc(C3CC3)c2)=C(c2ccc3c(c2)NCCC3)C=C1. The molecule has 0 aromatic heterocycles. The van der Waals surface area contributed by atoms with E-state index in [0.717, 1.165) is 18.9 Å². The Bertz CT molecular complexity index is 925. The Kier molecular flexibility index (Phi) is 4.01. The molecule has 0 amide bonds. The molecule has 1 N–H and O–H groups in total. The van der Waals surface area contributed by atoms with Crippen molar-refractivity contribution in [3.8, 4) is 0 Å². The van der Waals surface area contributed by atoms with E-state index in [-0.39, 0.29) is 0 Å². The standard InChI is InChI=1S/C25H25N/c1-2-9-23(21-7-4-6-20(16-21)18-11-12-18)24(10-3-1)22-14-13-19-8-5-15-26-25(19)17-22/h1-4,6-7,10,13-14,16-18,26H,5,8-9,11-12,15H2. The second-order valence-corrected chi connectivity index (χ2v) is 7.69. The van der Waals surface area contributed by atoms with Crippen LogP contribution in [0, 0.1) is 0 Å². The Hall–Kier alpha value is -2.54. The highest BCUT2D eigenvalue weighted by atomic mass is 14.9. The molecule has 1 fully saturated rings. The molecule has 26 heavy (non-hydrogen) atoms. The van der Waals surface area contributed by atoms with Crippen LogP contribution in [0.3, 0.4) is 0 Å². The fraction of sp³-hybridized carbons (Fsp3) is 0.280. The molecule has 2 aromatic carbocycles. The Labute approximate surface area is 156 Å². The Balaban J connectivity index is 1.62. The van der Waals surface area contributed by atoms with Crippen molar-refractivity contribution in [2.45, 2.75) is 38.0 Å². The molecule has 1 aliphatic heterocycles. The lowest BCUT2D eigenvalue weighted by Gasteiger charge is -2.20.